The van der Waals surface area contributed by atoms with E-state index in [0.29, 0.717) is 24.4 Å². The number of fused-ring (bicyclic) bond motifs is 1. The van der Waals surface area contributed by atoms with Gasteiger partial charge in [-0.3, -0.25) is 4.79 Å². The van der Waals surface area contributed by atoms with Crippen LogP contribution in [0.15, 0.2) is 97.1 Å². The van der Waals surface area contributed by atoms with Crippen LogP contribution in [0.25, 0.3) is 10.8 Å². The Balaban J connectivity index is 1.37. The van der Waals surface area contributed by atoms with E-state index in [9.17, 15) is 4.79 Å². The molecule has 3 heteroatoms. The van der Waals surface area contributed by atoms with Crippen LogP contribution >= 0.6 is 11.6 Å². The van der Waals surface area contributed by atoms with Crippen molar-refractivity contribution >= 4 is 28.2 Å². The lowest BCUT2D eigenvalue weighted by Gasteiger charge is -2.18. The van der Waals surface area contributed by atoms with Crippen molar-refractivity contribution in [3.63, 3.8) is 0 Å². The molecule has 0 aliphatic carbocycles. The van der Waals surface area contributed by atoms with Crippen LogP contribution in [0.5, 0.6) is 0 Å². The van der Waals surface area contributed by atoms with Crippen molar-refractivity contribution in [3.8, 4) is 0 Å². The highest BCUT2D eigenvalue weighted by Gasteiger charge is 2.18. The molecule has 1 atom stereocenters. The third-order valence-corrected chi connectivity index (χ3v) is 6.34. The quantitative estimate of drug-likeness (QED) is 0.243. The number of Topliss-reactive ketones (excluding diaryl/α,β-unsaturated/α-hetero) is 1. The lowest BCUT2D eigenvalue weighted by atomic mass is 9.97. The molecule has 0 fully saturated rings. The molecule has 0 spiro atoms. The average Bonchev–Trinajstić information content (AvgIpc) is 2.86. The largest absolute Gasteiger partial charge is 0.303 e. The number of carbonyl (C=O) groups excluding carboxylic acids is 1. The minimum Gasteiger partial charge on any atom is -0.303 e. The molecule has 4 rings (SSSR count). The number of aryl methyl sites for hydroxylation is 1. The maximum atomic E-state index is 13.2. The van der Waals surface area contributed by atoms with Crippen LogP contribution in [0.4, 0.5) is 0 Å². The van der Waals surface area contributed by atoms with Crippen molar-refractivity contribution in [1.29, 1.82) is 0 Å². The molecule has 0 saturated carbocycles. The summed E-state index contributed by atoms with van der Waals surface area (Å²) < 4.78 is 0. The van der Waals surface area contributed by atoms with Crippen molar-refractivity contribution < 1.29 is 4.79 Å². The Morgan fingerprint density at radius 3 is 2.21 bits per heavy atom. The molecule has 0 aliphatic heterocycles. The van der Waals surface area contributed by atoms with Crippen LogP contribution in [0.2, 0.25) is 5.02 Å². The number of carbonyl (C=O) groups is 1. The molecule has 0 heterocycles. The molecule has 1 N–H and O–H groups in total. The highest BCUT2D eigenvalue weighted by molar-refractivity contribution is 6.30. The van der Waals surface area contributed by atoms with Crippen LogP contribution in [-0.4, -0.2) is 11.8 Å². The van der Waals surface area contributed by atoms with Crippen LogP contribution in [0.1, 0.15) is 36.0 Å². The van der Waals surface area contributed by atoms with Crippen LogP contribution < -0.4 is 5.32 Å². The van der Waals surface area contributed by atoms with Gasteiger partial charge in [0.1, 0.15) is 5.78 Å². The minimum atomic E-state index is -0.214. The Bertz CT molecular complexity index is 1170. The Hall–Kier alpha value is -2.94. The van der Waals surface area contributed by atoms with Crippen LogP contribution in [-0.2, 0) is 24.2 Å². The topological polar surface area (TPSA) is 29.1 Å². The minimum absolute atomic E-state index is 0.214. The van der Waals surface area contributed by atoms with E-state index in [1.807, 2.05) is 30.3 Å². The zero-order chi connectivity index (χ0) is 22.9. The Morgan fingerprint density at radius 1 is 0.727 bits per heavy atom. The van der Waals surface area contributed by atoms with E-state index >= 15 is 0 Å². The lowest BCUT2D eigenvalue weighted by Crippen LogP contribution is -2.38. The van der Waals surface area contributed by atoms with Crippen molar-refractivity contribution in [2.24, 2.45) is 0 Å². The van der Waals surface area contributed by atoms with Gasteiger partial charge < -0.3 is 5.32 Å². The van der Waals surface area contributed by atoms with Gasteiger partial charge in [-0.25, -0.2) is 0 Å². The molecule has 0 radical (unpaired) electrons. The predicted molar refractivity (Wildman–Crippen MR) is 139 cm³/mol. The zero-order valence-corrected chi connectivity index (χ0v) is 19.6. The number of ketones is 1. The first-order valence-corrected chi connectivity index (χ1v) is 12.1. The Morgan fingerprint density at radius 2 is 1.42 bits per heavy atom. The number of benzene rings is 4. The van der Waals surface area contributed by atoms with Gasteiger partial charge in [-0.15, -0.1) is 0 Å². The fourth-order valence-electron chi connectivity index (χ4n) is 4.19. The molecule has 0 aliphatic rings. The lowest BCUT2D eigenvalue weighted by molar-refractivity contribution is -0.121. The number of unbranched alkanes of at least 4 members (excludes halogenated alkanes) is 1. The highest BCUT2D eigenvalue weighted by Crippen LogP contribution is 2.17. The highest BCUT2D eigenvalue weighted by atomic mass is 35.5. The molecule has 2 nitrogen and oxygen atoms in total. The molecule has 168 valence electrons. The maximum absolute atomic E-state index is 13.2. The first-order valence-electron chi connectivity index (χ1n) is 11.7. The zero-order valence-electron chi connectivity index (χ0n) is 18.8. The second-order valence-electron chi connectivity index (χ2n) is 8.60. The van der Waals surface area contributed by atoms with Gasteiger partial charge in [0, 0.05) is 18.0 Å². The van der Waals surface area contributed by atoms with Gasteiger partial charge in [0.2, 0.25) is 0 Å². The molecule has 33 heavy (non-hydrogen) atoms. The first-order chi connectivity index (χ1) is 16.2. The fourth-order valence-corrected chi connectivity index (χ4v) is 4.32. The Labute approximate surface area is 201 Å². The smallest absolute Gasteiger partial charge is 0.150 e. The van der Waals surface area contributed by atoms with E-state index in [4.69, 9.17) is 11.6 Å². The van der Waals surface area contributed by atoms with Crippen molar-refractivity contribution in [1.82, 2.24) is 5.32 Å². The third kappa shape index (κ3) is 7.02. The van der Waals surface area contributed by atoms with Crippen molar-refractivity contribution in [3.05, 3.63) is 119 Å². The van der Waals surface area contributed by atoms with Gasteiger partial charge >= 0.3 is 0 Å². The van der Waals surface area contributed by atoms with E-state index in [1.54, 1.807) is 0 Å². The fraction of sp³-hybridized carbons (Fsp3) is 0.233. The molecule has 0 bridgehead atoms. The van der Waals surface area contributed by atoms with E-state index in [-0.39, 0.29) is 11.8 Å². The molecule has 0 amide bonds. The third-order valence-electron chi connectivity index (χ3n) is 6.09. The van der Waals surface area contributed by atoms with Gasteiger partial charge in [-0.1, -0.05) is 90.5 Å². The summed E-state index contributed by atoms with van der Waals surface area (Å²) in [5.41, 5.74) is 3.64. The van der Waals surface area contributed by atoms with E-state index in [1.165, 1.54) is 21.9 Å². The normalized spacial score (nSPS) is 12.0. The van der Waals surface area contributed by atoms with Gasteiger partial charge in [-0.2, -0.15) is 0 Å². The van der Waals surface area contributed by atoms with Gasteiger partial charge in [0.25, 0.3) is 0 Å². The monoisotopic (exact) mass is 455 g/mol. The second kappa shape index (κ2) is 11.8. The molecular formula is C30H30ClNO. The summed E-state index contributed by atoms with van der Waals surface area (Å²) in [6, 6.07) is 32.9. The van der Waals surface area contributed by atoms with Gasteiger partial charge in [-0.05, 0) is 71.3 Å². The summed E-state index contributed by atoms with van der Waals surface area (Å²) in [4.78, 5) is 13.2. The van der Waals surface area contributed by atoms with E-state index < -0.39 is 0 Å². The Kier molecular flexibility index (Phi) is 8.30. The summed E-state index contributed by atoms with van der Waals surface area (Å²) in [7, 11) is 0. The summed E-state index contributed by atoms with van der Waals surface area (Å²) in [6.45, 7) is 0.666. The summed E-state index contributed by atoms with van der Waals surface area (Å²) in [6.07, 6.45) is 4.20. The second-order valence-corrected chi connectivity index (χ2v) is 9.04. The van der Waals surface area contributed by atoms with Crippen LogP contribution in [0, 0.1) is 0 Å². The maximum Gasteiger partial charge on any atom is 0.150 e. The van der Waals surface area contributed by atoms with Crippen molar-refractivity contribution in [2.45, 2.75) is 44.7 Å². The summed E-state index contributed by atoms with van der Waals surface area (Å²) in [5.74, 6) is 0.277. The van der Waals surface area contributed by atoms with Gasteiger partial charge in [0.15, 0.2) is 0 Å². The molecule has 0 unspecified atom stereocenters. The SMILES string of the molecule is O=C(CCCCc1ccccc1)[C@H](Cc1ccc(Cl)cc1)NCc1ccc2ccccc2c1. The standard InChI is InChI=1S/C30H30ClNO/c31-28-18-15-24(16-19-28)21-29(30(33)13-7-4-10-23-8-2-1-3-9-23)32-22-25-14-17-26-11-5-6-12-27(26)20-25/h1-3,5-6,8-9,11-12,14-20,29,32H,4,7,10,13,21-22H2/t29-/m0/s1. The summed E-state index contributed by atoms with van der Waals surface area (Å²) in [5, 5.41) is 6.70. The molecular weight excluding hydrogens is 426 g/mol. The van der Waals surface area contributed by atoms with Gasteiger partial charge in [0.05, 0.1) is 6.04 Å². The molecule has 4 aromatic carbocycles. The molecule has 0 aromatic heterocycles. The number of hydrogen-bond acceptors (Lipinski definition) is 2. The molecule has 0 saturated heterocycles. The number of hydrogen-bond donors (Lipinski definition) is 1. The van der Waals surface area contributed by atoms with E-state index in [0.717, 1.165) is 24.8 Å². The summed E-state index contributed by atoms with van der Waals surface area (Å²) >= 11 is 6.05. The van der Waals surface area contributed by atoms with Crippen LogP contribution in [0.3, 0.4) is 0 Å². The number of nitrogens with one attached hydrogen (secondary N) is 1. The number of halogens is 1. The van der Waals surface area contributed by atoms with Crippen molar-refractivity contribution in [2.75, 3.05) is 0 Å². The number of rotatable bonds is 11. The molecule has 4 aromatic rings. The first kappa shape index (κ1) is 23.2. The average molecular weight is 456 g/mol. The predicted octanol–water partition coefficient (Wildman–Crippen LogP) is 7.18. The van der Waals surface area contributed by atoms with E-state index in [2.05, 4.69) is 72.0 Å².